The molecule has 0 bridgehead atoms. The van der Waals surface area contributed by atoms with Crippen molar-refractivity contribution in [1.82, 2.24) is 0 Å². The number of unbranched alkanes of at least 4 members (excludes halogenated alkanes) is 5. The normalized spacial score (nSPS) is 18.6. The van der Waals surface area contributed by atoms with Crippen molar-refractivity contribution in [2.75, 3.05) is 0 Å². The van der Waals surface area contributed by atoms with Gasteiger partial charge in [0.15, 0.2) is 5.78 Å². The first-order chi connectivity index (χ1) is 10.3. The van der Waals surface area contributed by atoms with Crippen LogP contribution in [0.3, 0.4) is 0 Å². The van der Waals surface area contributed by atoms with E-state index in [-0.39, 0.29) is 0 Å². The van der Waals surface area contributed by atoms with Crippen molar-refractivity contribution in [3.05, 3.63) is 47.5 Å². The minimum atomic E-state index is 0.316. The van der Waals surface area contributed by atoms with Crippen molar-refractivity contribution in [1.29, 1.82) is 0 Å². The van der Waals surface area contributed by atoms with Crippen LogP contribution in [0.1, 0.15) is 76.2 Å². The van der Waals surface area contributed by atoms with E-state index in [1.165, 1.54) is 49.7 Å². The van der Waals surface area contributed by atoms with Gasteiger partial charge in [0, 0.05) is 6.42 Å². The minimum absolute atomic E-state index is 0.316. The van der Waals surface area contributed by atoms with Crippen LogP contribution < -0.4 is 0 Å². The van der Waals surface area contributed by atoms with Crippen LogP contribution in [0.4, 0.5) is 0 Å². The van der Waals surface area contributed by atoms with E-state index in [0.717, 1.165) is 12.8 Å². The Morgan fingerprint density at radius 3 is 2.43 bits per heavy atom. The van der Waals surface area contributed by atoms with E-state index in [1.54, 1.807) is 0 Å². The minimum Gasteiger partial charge on any atom is -0.295 e. The Morgan fingerprint density at radius 1 is 0.952 bits per heavy atom. The summed E-state index contributed by atoms with van der Waals surface area (Å²) in [4.78, 5) is 12.0. The summed E-state index contributed by atoms with van der Waals surface area (Å²) in [7, 11) is 0. The van der Waals surface area contributed by atoms with Crippen molar-refractivity contribution in [3.63, 3.8) is 0 Å². The molecule has 0 radical (unpaired) electrons. The molecule has 0 fully saturated rings. The van der Waals surface area contributed by atoms with Gasteiger partial charge in [-0.2, -0.15) is 0 Å². The maximum Gasteiger partial charge on any atom is 0.156 e. The molecule has 1 aliphatic rings. The second kappa shape index (κ2) is 8.81. The molecule has 0 amide bonds. The molecule has 0 aromatic heterocycles. The molecule has 0 saturated carbocycles. The molecule has 1 unspecified atom stereocenters. The van der Waals surface area contributed by atoms with Crippen molar-refractivity contribution in [2.45, 2.75) is 70.6 Å². The number of benzene rings is 1. The van der Waals surface area contributed by atoms with Crippen molar-refractivity contribution < 1.29 is 4.79 Å². The molecule has 114 valence electrons. The monoisotopic (exact) mass is 284 g/mol. The first-order valence-electron chi connectivity index (χ1n) is 8.57. The number of hydrogen-bond acceptors (Lipinski definition) is 1. The summed E-state index contributed by atoms with van der Waals surface area (Å²) < 4.78 is 0. The highest BCUT2D eigenvalue weighted by atomic mass is 16.1. The predicted octanol–water partition coefficient (Wildman–Crippen LogP) is 5.81. The van der Waals surface area contributed by atoms with E-state index in [0.29, 0.717) is 18.1 Å². The highest BCUT2D eigenvalue weighted by Crippen LogP contribution is 2.33. The van der Waals surface area contributed by atoms with Crippen molar-refractivity contribution >= 4 is 5.78 Å². The largest absolute Gasteiger partial charge is 0.295 e. The third-order valence-corrected chi connectivity index (χ3v) is 4.44. The van der Waals surface area contributed by atoms with Crippen LogP contribution in [-0.2, 0) is 4.79 Å². The van der Waals surface area contributed by atoms with E-state index in [4.69, 9.17) is 0 Å². The lowest BCUT2D eigenvalue weighted by atomic mass is 9.82. The molecule has 1 nitrogen and oxygen atoms in total. The molecule has 21 heavy (non-hydrogen) atoms. The number of hydrogen-bond donors (Lipinski definition) is 0. The van der Waals surface area contributed by atoms with E-state index < -0.39 is 0 Å². The molecule has 2 rings (SSSR count). The van der Waals surface area contributed by atoms with Crippen LogP contribution in [0.15, 0.2) is 42.0 Å². The van der Waals surface area contributed by atoms with Crippen LogP contribution >= 0.6 is 0 Å². The van der Waals surface area contributed by atoms with Gasteiger partial charge < -0.3 is 0 Å². The number of carbonyl (C=O) groups is 1. The molecule has 0 saturated heterocycles. The van der Waals surface area contributed by atoms with Crippen LogP contribution in [0.25, 0.3) is 0 Å². The lowest BCUT2D eigenvalue weighted by Crippen LogP contribution is -2.12. The second-order valence-electron chi connectivity index (χ2n) is 6.30. The van der Waals surface area contributed by atoms with Crippen molar-refractivity contribution in [3.8, 4) is 0 Å². The third kappa shape index (κ3) is 5.49. The van der Waals surface area contributed by atoms with Gasteiger partial charge in [-0.3, -0.25) is 4.79 Å². The van der Waals surface area contributed by atoms with Crippen LogP contribution in [0, 0.1) is 0 Å². The molecule has 0 spiro atoms. The Hall–Kier alpha value is -1.37. The van der Waals surface area contributed by atoms with E-state index in [2.05, 4.69) is 31.2 Å². The molecule has 1 aromatic rings. The summed E-state index contributed by atoms with van der Waals surface area (Å²) in [6.45, 7) is 2.25. The molecular weight excluding hydrogens is 256 g/mol. The smallest absolute Gasteiger partial charge is 0.156 e. The van der Waals surface area contributed by atoms with Gasteiger partial charge in [-0.05, 0) is 36.8 Å². The summed E-state index contributed by atoms with van der Waals surface area (Å²) in [5.41, 5.74) is 2.69. The third-order valence-electron chi connectivity index (χ3n) is 4.44. The fourth-order valence-electron chi connectivity index (χ4n) is 3.24. The molecule has 1 aromatic carbocycles. The second-order valence-corrected chi connectivity index (χ2v) is 6.30. The van der Waals surface area contributed by atoms with Crippen molar-refractivity contribution in [2.24, 2.45) is 0 Å². The fraction of sp³-hybridized carbons (Fsp3) is 0.550. The standard InChI is InChI=1S/C20H28O/c1-2-3-4-5-6-8-11-17-14-19(16-20(21)15-17)18-12-9-7-10-13-18/h7,9-10,12-13,15,19H,2-6,8,11,14,16H2,1H3. The summed E-state index contributed by atoms with van der Waals surface area (Å²) >= 11 is 0. The van der Waals surface area contributed by atoms with Gasteiger partial charge in [0.2, 0.25) is 0 Å². The SMILES string of the molecule is CCCCCCCCC1=CC(=O)CC(c2ccccc2)C1. The maximum atomic E-state index is 12.0. The fourth-order valence-corrected chi connectivity index (χ4v) is 3.24. The molecule has 1 aliphatic carbocycles. The quantitative estimate of drug-likeness (QED) is 0.550. The van der Waals surface area contributed by atoms with Crippen LogP contribution in [0.2, 0.25) is 0 Å². The van der Waals surface area contributed by atoms with Crippen LogP contribution in [0.5, 0.6) is 0 Å². The molecule has 0 aliphatic heterocycles. The van der Waals surface area contributed by atoms with E-state index in [1.807, 2.05) is 12.1 Å². The average molecular weight is 284 g/mol. The lowest BCUT2D eigenvalue weighted by Gasteiger charge is -2.22. The average Bonchev–Trinajstić information content (AvgIpc) is 2.51. The lowest BCUT2D eigenvalue weighted by molar-refractivity contribution is -0.115. The van der Waals surface area contributed by atoms with Gasteiger partial charge in [0.25, 0.3) is 0 Å². The Balaban J connectivity index is 1.79. The Bertz CT molecular complexity index is 458. The topological polar surface area (TPSA) is 17.1 Å². The van der Waals surface area contributed by atoms with Gasteiger partial charge in [0.1, 0.15) is 0 Å². The Kier molecular flexibility index (Phi) is 6.72. The predicted molar refractivity (Wildman–Crippen MR) is 89.5 cm³/mol. The zero-order valence-electron chi connectivity index (χ0n) is 13.3. The number of ketones is 1. The zero-order chi connectivity index (χ0) is 14.9. The zero-order valence-corrected chi connectivity index (χ0v) is 13.3. The van der Waals surface area contributed by atoms with E-state index in [9.17, 15) is 4.79 Å². The Morgan fingerprint density at radius 2 is 1.67 bits per heavy atom. The number of rotatable bonds is 8. The first kappa shape index (κ1) is 16.0. The van der Waals surface area contributed by atoms with Gasteiger partial charge in [-0.15, -0.1) is 0 Å². The summed E-state index contributed by atoms with van der Waals surface area (Å²) in [5, 5.41) is 0. The summed E-state index contributed by atoms with van der Waals surface area (Å²) in [5.74, 6) is 0.717. The molecule has 0 heterocycles. The first-order valence-corrected chi connectivity index (χ1v) is 8.57. The summed E-state index contributed by atoms with van der Waals surface area (Å²) in [6, 6.07) is 10.5. The van der Waals surface area contributed by atoms with Gasteiger partial charge in [-0.1, -0.05) is 74.9 Å². The van der Waals surface area contributed by atoms with Gasteiger partial charge >= 0.3 is 0 Å². The maximum absolute atomic E-state index is 12.0. The Labute approximate surface area is 129 Å². The highest BCUT2D eigenvalue weighted by molar-refractivity contribution is 5.92. The summed E-state index contributed by atoms with van der Waals surface area (Å²) in [6.07, 6.45) is 12.7. The van der Waals surface area contributed by atoms with Gasteiger partial charge in [-0.25, -0.2) is 0 Å². The highest BCUT2D eigenvalue weighted by Gasteiger charge is 2.21. The van der Waals surface area contributed by atoms with Crippen LogP contribution in [-0.4, -0.2) is 5.78 Å². The van der Waals surface area contributed by atoms with E-state index >= 15 is 0 Å². The molecule has 1 atom stereocenters. The molecule has 0 N–H and O–H groups in total. The number of carbonyl (C=O) groups excluding carboxylic acids is 1. The number of allylic oxidation sites excluding steroid dienone is 2. The molecule has 1 heteroatoms. The molecular formula is C20H28O. The van der Waals surface area contributed by atoms with Gasteiger partial charge in [0.05, 0.1) is 0 Å².